The van der Waals surface area contributed by atoms with Gasteiger partial charge in [-0.2, -0.15) is 0 Å². The topological polar surface area (TPSA) is 30.5 Å². The fraction of sp³-hybridized carbons (Fsp3) is 1.00. The van der Waals surface area contributed by atoms with Crippen molar-refractivity contribution in [2.75, 3.05) is 33.5 Å². The van der Waals surface area contributed by atoms with E-state index in [4.69, 9.17) is 21.1 Å². The molecule has 3 nitrogen and oxygen atoms in total. The van der Waals surface area contributed by atoms with Gasteiger partial charge in [0.25, 0.3) is 0 Å². The second kappa shape index (κ2) is 9.23. The zero-order valence-corrected chi connectivity index (χ0v) is 11.0. The van der Waals surface area contributed by atoms with Crippen molar-refractivity contribution in [3.8, 4) is 0 Å². The van der Waals surface area contributed by atoms with Gasteiger partial charge in [-0.3, -0.25) is 0 Å². The van der Waals surface area contributed by atoms with Gasteiger partial charge in [-0.1, -0.05) is 19.3 Å². The molecule has 0 aliphatic heterocycles. The van der Waals surface area contributed by atoms with E-state index in [0.717, 1.165) is 19.6 Å². The number of alkyl halides is 1. The Kier molecular flexibility index (Phi) is 8.21. The molecule has 1 aliphatic rings. The lowest BCUT2D eigenvalue weighted by atomic mass is 10.1. The molecule has 0 amide bonds. The van der Waals surface area contributed by atoms with Crippen LogP contribution in [0.25, 0.3) is 0 Å². The number of rotatable bonds is 7. The number of hydrogen-bond acceptors (Lipinski definition) is 3. The van der Waals surface area contributed by atoms with E-state index in [1.165, 1.54) is 25.7 Å². The van der Waals surface area contributed by atoms with Gasteiger partial charge in [-0.05, 0) is 12.8 Å². The normalized spacial score (nSPS) is 26.6. The van der Waals surface area contributed by atoms with Crippen molar-refractivity contribution in [1.29, 1.82) is 0 Å². The van der Waals surface area contributed by atoms with Crippen LogP contribution in [0.4, 0.5) is 0 Å². The minimum Gasteiger partial charge on any atom is -0.382 e. The minimum atomic E-state index is 0.293. The number of hydrogen-bond donors (Lipinski definition) is 1. The number of halogens is 1. The lowest BCUT2D eigenvalue weighted by molar-refractivity contribution is 0.0709. The van der Waals surface area contributed by atoms with E-state index in [-0.39, 0.29) is 0 Å². The van der Waals surface area contributed by atoms with Crippen LogP contribution in [0.15, 0.2) is 0 Å². The fourth-order valence-electron chi connectivity index (χ4n) is 2.05. The molecule has 0 saturated heterocycles. The van der Waals surface area contributed by atoms with E-state index in [1.807, 2.05) is 0 Å². The van der Waals surface area contributed by atoms with Crippen LogP contribution in [0.1, 0.15) is 32.1 Å². The predicted octanol–water partition coefficient (Wildman–Crippen LogP) is 2.18. The van der Waals surface area contributed by atoms with Crippen LogP contribution in [0.2, 0.25) is 0 Å². The maximum Gasteiger partial charge on any atom is 0.0700 e. The van der Waals surface area contributed by atoms with Crippen molar-refractivity contribution in [2.45, 2.75) is 43.5 Å². The molecule has 1 aliphatic carbocycles. The fourth-order valence-corrected chi connectivity index (χ4v) is 2.42. The Bertz CT molecular complexity index is 169. The van der Waals surface area contributed by atoms with Gasteiger partial charge in [0.05, 0.1) is 19.8 Å². The first-order valence-corrected chi connectivity index (χ1v) is 6.72. The van der Waals surface area contributed by atoms with Crippen LogP contribution < -0.4 is 5.32 Å². The summed E-state index contributed by atoms with van der Waals surface area (Å²) in [7, 11) is 1.69. The highest BCUT2D eigenvalue weighted by atomic mass is 35.5. The molecule has 0 radical (unpaired) electrons. The summed E-state index contributed by atoms with van der Waals surface area (Å²) in [6.07, 6.45) is 6.24. The van der Waals surface area contributed by atoms with Gasteiger partial charge in [0, 0.05) is 25.1 Å². The van der Waals surface area contributed by atoms with Crippen molar-refractivity contribution in [1.82, 2.24) is 5.32 Å². The molecular weight excluding hydrogens is 226 g/mol. The minimum absolute atomic E-state index is 0.293. The summed E-state index contributed by atoms with van der Waals surface area (Å²) in [4.78, 5) is 0. The molecule has 0 aromatic rings. The van der Waals surface area contributed by atoms with Gasteiger partial charge in [0.15, 0.2) is 0 Å². The second-order valence-electron chi connectivity index (χ2n) is 4.32. The summed E-state index contributed by atoms with van der Waals surface area (Å²) in [5, 5.41) is 3.78. The van der Waals surface area contributed by atoms with Gasteiger partial charge >= 0.3 is 0 Å². The highest BCUT2D eigenvalue weighted by Crippen LogP contribution is 2.22. The summed E-state index contributed by atoms with van der Waals surface area (Å²) in [6.45, 7) is 2.97. The smallest absolute Gasteiger partial charge is 0.0700 e. The zero-order valence-electron chi connectivity index (χ0n) is 10.2. The molecule has 0 bridgehead atoms. The van der Waals surface area contributed by atoms with Gasteiger partial charge in [0.1, 0.15) is 0 Å². The van der Waals surface area contributed by atoms with E-state index in [2.05, 4.69) is 5.32 Å². The molecule has 0 aromatic heterocycles. The molecule has 0 aromatic carbocycles. The Hall–Kier alpha value is 0.170. The summed E-state index contributed by atoms with van der Waals surface area (Å²) in [6, 6.07) is 0.468. The number of methoxy groups -OCH3 is 1. The average molecular weight is 250 g/mol. The third kappa shape index (κ3) is 6.04. The van der Waals surface area contributed by atoms with E-state index in [0.29, 0.717) is 24.6 Å². The molecule has 4 heteroatoms. The molecule has 1 fully saturated rings. The molecule has 96 valence electrons. The van der Waals surface area contributed by atoms with Crippen LogP contribution in [0, 0.1) is 0 Å². The first kappa shape index (κ1) is 14.2. The SMILES string of the molecule is COCCOCCNC1CCCCCC1Cl. The van der Waals surface area contributed by atoms with Gasteiger partial charge in [0.2, 0.25) is 0 Å². The molecular formula is C12H24ClNO2. The van der Waals surface area contributed by atoms with Crippen molar-refractivity contribution >= 4 is 11.6 Å². The molecule has 0 spiro atoms. The number of nitrogens with one attached hydrogen (secondary N) is 1. The van der Waals surface area contributed by atoms with Crippen molar-refractivity contribution in [3.05, 3.63) is 0 Å². The van der Waals surface area contributed by atoms with Crippen molar-refractivity contribution < 1.29 is 9.47 Å². The Morgan fingerprint density at radius 3 is 2.75 bits per heavy atom. The van der Waals surface area contributed by atoms with Crippen LogP contribution >= 0.6 is 11.6 Å². The van der Waals surface area contributed by atoms with Crippen LogP contribution in [-0.4, -0.2) is 44.9 Å². The zero-order chi connectivity index (χ0) is 11.6. The standard InChI is InChI=1S/C12H24ClNO2/c1-15-9-10-16-8-7-14-12-6-4-2-3-5-11(12)13/h11-12,14H,2-10H2,1H3. The maximum atomic E-state index is 6.33. The molecule has 0 heterocycles. The highest BCUT2D eigenvalue weighted by Gasteiger charge is 2.20. The quantitative estimate of drug-likeness (QED) is 0.426. The van der Waals surface area contributed by atoms with Gasteiger partial charge < -0.3 is 14.8 Å². The second-order valence-corrected chi connectivity index (χ2v) is 4.88. The van der Waals surface area contributed by atoms with E-state index in [1.54, 1.807) is 7.11 Å². The van der Waals surface area contributed by atoms with Crippen molar-refractivity contribution in [2.24, 2.45) is 0 Å². The lowest BCUT2D eigenvalue weighted by Crippen LogP contribution is -2.38. The largest absolute Gasteiger partial charge is 0.382 e. The Labute approximate surface area is 104 Å². The average Bonchev–Trinajstić information content (AvgIpc) is 2.49. The summed E-state index contributed by atoms with van der Waals surface area (Å²) < 4.78 is 10.3. The Morgan fingerprint density at radius 1 is 1.12 bits per heavy atom. The highest BCUT2D eigenvalue weighted by molar-refractivity contribution is 6.21. The van der Waals surface area contributed by atoms with Gasteiger partial charge in [-0.25, -0.2) is 0 Å². The van der Waals surface area contributed by atoms with Gasteiger partial charge in [-0.15, -0.1) is 11.6 Å². The monoisotopic (exact) mass is 249 g/mol. The first-order valence-electron chi connectivity index (χ1n) is 6.28. The van der Waals surface area contributed by atoms with E-state index in [9.17, 15) is 0 Å². The van der Waals surface area contributed by atoms with E-state index < -0.39 is 0 Å². The number of ether oxygens (including phenoxy) is 2. The molecule has 2 atom stereocenters. The Balaban J connectivity index is 2.01. The lowest BCUT2D eigenvalue weighted by Gasteiger charge is -2.21. The van der Waals surface area contributed by atoms with E-state index >= 15 is 0 Å². The first-order chi connectivity index (χ1) is 7.84. The summed E-state index contributed by atoms with van der Waals surface area (Å²) >= 11 is 6.33. The Morgan fingerprint density at radius 2 is 1.94 bits per heavy atom. The van der Waals surface area contributed by atoms with Crippen LogP contribution in [-0.2, 0) is 9.47 Å². The third-order valence-electron chi connectivity index (χ3n) is 3.02. The molecule has 1 saturated carbocycles. The summed E-state index contributed by atoms with van der Waals surface area (Å²) in [5.74, 6) is 0. The molecule has 2 unspecified atom stereocenters. The molecule has 1 rings (SSSR count). The summed E-state index contributed by atoms with van der Waals surface area (Å²) in [5.41, 5.74) is 0. The molecule has 1 N–H and O–H groups in total. The predicted molar refractivity (Wildman–Crippen MR) is 67.2 cm³/mol. The third-order valence-corrected chi connectivity index (χ3v) is 3.54. The maximum absolute atomic E-state index is 6.33. The van der Waals surface area contributed by atoms with Crippen molar-refractivity contribution in [3.63, 3.8) is 0 Å². The molecule has 16 heavy (non-hydrogen) atoms. The van der Waals surface area contributed by atoms with Crippen LogP contribution in [0.5, 0.6) is 0 Å². The van der Waals surface area contributed by atoms with Crippen LogP contribution in [0.3, 0.4) is 0 Å².